The van der Waals surface area contributed by atoms with Gasteiger partial charge in [0.2, 0.25) is 0 Å². The van der Waals surface area contributed by atoms with Gasteiger partial charge in [0, 0.05) is 6.54 Å². The largest absolute Gasteiger partial charge is 0.384 e. The number of nitrogens with two attached hydrogens (primary N) is 1. The van der Waals surface area contributed by atoms with E-state index in [-0.39, 0.29) is 0 Å². The highest BCUT2D eigenvalue weighted by Crippen LogP contribution is 2.12. The highest BCUT2D eigenvalue weighted by Gasteiger charge is 1.97. The fourth-order valence-electron chi connectivity index (χ4n) is 0.966. The van der Waals surface area contributed by atoms with Crippen molar-refractivity contribution < 1.29 is 0 Å². The van der Waals surface area contributed by atoms with Crippen LogP contribution in [0.5, 0.6) is 0 Å². The lowest BCUT2D eigenvalue weighted by atomic mass is 10.3. The lowest BCUT2D eigenvalue weighted by Crippen LogP contribution is -2.05. The molecular formula is C11H21N3. The third-order valence-corrected chi connectivity index (χ3v) is 1.66. The molecule has 1 rings (SSSR count). The summed E-state index contributed by atoms with van der Waals surface area (Å²) in [7, 11) is 0. The quantitative estimate of drug-likeness (QED) is 0.779. The molecule has 0 atom stereocenters. The van der Waals surface area contributed by atoms with E-state index in [4.69, 9.17) is 5.73 Å². The Kier molecular flexibility index (Phi) is 6.54. The molecule has 0 unspecified atom stereocenters. The SMILES string of the molecule is CC.CCCNc1nc(N)ccc1C. The standard InChI is InChI=1S/C9H15N3.C2H6/c1-3-6-11-9-7(2)4-5-8(10)12-9;1-2/h4-5H,3,6H2,1-2H3,(H3,10,11,12);1-2H3. The summed E-state index contributed by atoms with van der Waals surface area (Å²) in [5.74, 6) is 1.47. The van der Waals surface area contributed by atoms with E-state index in [1.165, 1.54) is 0 Å². The summed E-state index contributed by atoms with van der Waals surface area (Å²) in [4.78, 5) is 4.18. The van der Waals surface area contributed by atoms with E-state index in [0.717, 1.165) is 24.3 Å². The molecule has 3 nitrogen and oxygen atoms in total. The van der Waals surface area contributed by atoms with E-state index in [1.807, 2.05) is 32.9 Å². The fourth-order valence-corrected chi connectivity index (χ4v) is 0.966. The Balaban J connectivity index is 0.000000791. The second-order valence-corrected chi connectivity index (χ2v) is 2.83. The van der Waals surface area contributed by atoms with E-state index in [9.17, 15) is 0 Å². The Morgan fingerprint density at radius 3 is 2.57 bits per heavy atom. The van der Waals surface area contributed by atoms with Crippen LogP contribution in [0.1, 0.15) is 32.8 Å². The minimum atomic E-state index is 0.569. The minimum Gasteiger partial charge on any atom is -0.384 e. The van der Waals surface area contributed by atoms with Crippen LogP contribution in [-0.2, 0) is 0 Å². The molecule has 1 aromatic rings. The molecule has 3 N–H and O–H groups in total. The van der Waals surface area contributed by atoms with Gasteiger partial charge in [0.1, 0.15) is 11.6 Å². The van der Waals surface area contributed by atoms with Crippen LogP contribution >= 0.6 is 0 Å². The highest BCUT2D eigenvalue weighted by atomic mass is 15.0. The Hall–Kier alpha value is -1.25. The van der Waals surface area contributed by atoms with Crippen molar-refractivity contribution in [2.75, 3.05) is 17.6 Å². The first-order valence-corrected chi connectivity index (χ1v) is 5.21. The van der Waals surface area contributed by atoms with Crippen molar-refractivity contribution in [2.24, 2.45) is 0 Å². The van der Waals surface area contributed by atoms with Gasteiger partial charge in [-0.15, -0.1) is 0 Å². The Bertz CT molecular complexity index is 259. The van der Waals surface area contributed by atoms with Crippen LogP contribution < -0.4 is 11.1 Å². The van der Waals surface area contributed by atoms with Gasteiger partial charge >= 0.3 is 0 Å². The molecule has 0 aliphatic rings. The molecule has 1 aromatic heterocycles. The summed E-state index contributed by atoms with van der Waals surface area (Å²) in [5, 5.41) is 3.21. The third-order valence-electron chi connectivity index (χ3n) is 1.66. The maximum Gasteiger partial charge on any atom is 0.131 e. The molecule has 0 fully saturated rings. The summed E-state index contributed by atoms with van der Waals surface area (Å²) in [6, 6.07) is 3.78. The summed E-state index contributed by atoms with van der Waals surface area (Å²) < 4.78 is 0. The first kappa shape index (κ1) is 12.8. The van der Waals surface area contributed by atoms with Crippen molar-refractivity contribution >= 4 is 11.6 Å². The van der Waals surface area contributed by atoms with Crippen LogP contribution in [-0.4, -0.2) is 11.5 Å². The Labute approximate surface area is 86.7 Å². The molecule has 0 amide bonds. The smallest absolute Gasteiger partial charge is 0.131 e. The van der Waals surface area contributed by atoms with Gasteiger partial charge in [-0.1, -0.05) is 26.8 Å². The van der Waals surface area contributed by atoms with Crippen LogP contribution in [0.2, 0.25) is 0 Å². The molecule has 0 saturated carbocycles. The van der Waals surface area contributed by atoms with Gasteiger partial charge in [-0.2, -0.15) is 0 Å². The van der Waals surface area contributed by atoms with Crippen molar-refractivity contribution in [1.82, 2.24) is 4.98 Å². The molecule has 0 bridgehead atoms. The maximum atomic E-state index is 5.55. The summed E-state index contributed by atoms with van der Waals surface area (Å²) in [5.41, 5.74) is 6.68. The van der Waals surface area contributed by atoms with Crippen molar-refractivity contribution in [3.05, 3.63) is 17.7 Å². The van der Waals surface area contributed by atoms with Gasteiger partial charge in [0.25, 0.3) is 0 Å². The first-order chi connectivity index (χ1) is 6.74. The van der Waals surface area contributed by atoms with Crippen molar-refractivity contribution in [1.29, 1.82) is 0 Å². The normalized spacial score (nSPS) is 8.86. The number of hydrogen-bond acceptors (Lipinski definition) is 3. The predicted octanol–water partition coefficient (Wildman–Crippen LogP) is 2.82. The molecule has 3 heteroatoms. The molecule has 0 saturated heterocycles. The minimum absolute atomic E-state index is 0.569. The molecule has 80 valence electrons. The number of anilines is 2. The monoisotopic (exact) mass is 195 g/mol. The lowest BCUT2D eigenvalue weighted by molar-refractivity contribution is 0.966. The zero-order chi connectivity index (χ0) is 11.0. The number of aryl methyl sites for hydroxylation is 1. The van der Waals surface area contributed by atoms with E-state index in [2.05, 4.69) is 17.2 Å². The van der Waals surface area contributed by atoms with E-state index in [0.29, 0.717) is 5.82 Å². The van der Waals surface area contributed by atoms with Gasteiger partial charge in [-0.3, -0.25) is 0 Å². The Morgan fingerprint density at radius 1 is 1.36 bits per heavy atom. The van der Waals surface area contributed by atoms with Gasteiger partial charge < -0.3 is 11.1 Å². The molecule has 0 aliphatic heterocycles. The Morgan fingerprint density at radius 2 is 2.00 bits per heavy atom. The summed E-state index contributed by atoms with van der Waals surface area (Å²) >= 11 is 0. The van der Waals surface area contributed by atoms with Crippen LogP contribution in [0.25, 0.3) is 0 Å². The molecule has 0 spiro atoms. The fraction of sp³-hybridized carbons (Fsp3) is 0.545. The van der Waals surface area contributed by atoms with Gasteiger partial charge in [-0.25, -0.2) is 4.98 Å². The van der Waals surface area contributed by atoms with Crippen molar-refractivity contribution in [3.63, 3.8) is 0 Å². The first-order valence-electron chi connectivity index (χ1n) is 5.21. The summed E-state index contributed by atoms with van der Waals surface area (Å²) in [6.07, 6.45) is 1.09. The van der Waals surface area contributed by atoms with Gasteiger partial charge in [0.05, 0.1) is 0 Å². The second-order valence-electron chi connectivity index (χ2n) is 2.83. The van der Waals surface area contributed by atoms with Gasteiger partial charge in [-0.05, 0) is 25.0 Å². The molecule has 0 aromatic carbocycles. The van der Waals surface area contributed by atoms with Crippen LogP contribution in [0.15, 0.2) is 12.1 Å². The number of hydrogen-bond donors (Lipinski definition) is 2. The van der Waals surface area contributed by atoms with Gasteiger partial charge in [0.15, 0.2) is 0 Å². The lowest BCUT2D eigenvalue weighted by Gasteiger charge is -2.07. The molecule has 0 aliphatic carbocycles. The third kappa shape index (κ3) is 4.12. The highest BCUT2D eigenvalue weighted by molar-refractivity contribution is 5.48. The summed E-state index contributed by atoms with van der Waals surface area (Å²) in [6.45, 7) is 9.08. The molecule has 1 heterocycles. The zero-order valence-corrected chi connectivity index (χ0v) is 9.59. The number of aromatic nitrogens is 1. The van der Waals surface area contributed by atoms with E-state index < -0.39 is 0 Å². The predicted molar refractivity (Wildman–Crippen MR) is 63.5 cm³/mol. The second kappa shape index (κ2) is 7.18. The average molecular weight is 195 g/mol. The zero-order valence-electron chi connectivity index (χ0n) is 9.59. The number of nitrogens with one attached hydrogen (secondary N) is 1. The van der Waals surface area contributed by atoms with Crippen LogP contribution in [0.3, 0.4) is 0 Å². The van der Waals surface area contributed by atoms with Crippen LogP contribution in [0, 0.1) is 6.92 Å². The van der Waals surface area contributed by atoms with Crippen molar-refractivity contribution in [2.45, 2.75) is 34.1 Å². The number of pyridine rings is 1. The van der Waals surface area contributed by atoms with E-state index in [1.54, 1.807) is 0 Å². The van der Waals surface area contributed by atoms with E-state index >= 15 is 0 Å². The molecule has 0 radical (unpaired) electrons. The van der Waals surface area contributed by atoms with Crippen molar-refractivity contribution in [3.8, 4) is 0 Å². The molecule has 14 heavy (non-hydrogen) atoms. The maximum absolute atomic E-state index is 5.55. The molecular weight excluding hydrogens is 174 g/mol. The van der Waals surface area contributed by atoms with Crippen LogP contribution in [0.4, 0.5) is 11.6 Å². The average Bonchev–Trinajstić information content (AvgIpc) is 2.22. The topological polar surface area (TPSA) is 50.9 Å². The number of nitrogens with zero attached hydrogens (tertiary/aromatic N) is 1. The number of nitrogen functional groups attached to an aromatic ring is 1. The number of rotatable bonds is 3.